The van der Waals surface area contributed by atoms with Crippen molar-refractivity contribution in [1.29, 1.82) is 0 Å². The molecule has 10 nitrogen and oxygen atoms in total. The number of aliphatic hydroxyl groups excluding tert-OH is 1. The molecule has 2 bridgehead atoms. The summed E-state index contributed by atoms with van der Waals surface area (Å²) in [5.74, 6) is -0.895. The van der Waals surface area contributed by atoms with Crippen molar-refractivity contribution in [1.82, 2.24) is 0 Å². The van der Waals surface area contributed by atoms with Crippen LogP contribution in [0.3, 0.4) is 0 Å². The van der Waals surface area contributed by atoms with Crippen LogP contribution in [0.25, 0.3) is 0 Å². The van der Waals surface area contributed by atoms with E-state index in [9.17, 15) is 14.7 Å². The first kappa shape index (κ1) is 26.1. The minimum Gasteiger partial charge on any atom is -0.463 e. The lowest BCUT2D eigenvalue weighted by molar-refractivity contribution is -0.251. The summed E-state index contributed by atoms with van der Waals surface area (Å²) in [7, 11) is 0. The van der Waals surface area contributed by atoms with E-state index in [1.165, 1.54) is 6.08 Å². The van der Waals surface area contributed by atoms with Crippen LogP contribution in [-0.4, -0.2) is 96.4 Å². The fourth-order valence-electron chi connectivity index (χ4n) is 8.08. The highest BCUT2D eigenvalue weighted by Gasteiger charge is 2.86. The van der Waals surface area contributed by atoms with Crippen LogP contribution in [0.4, 0.5) is 0 Å². The summed E-state index contributed by atoms with van der Waals surface area (Å²) in [4.78, 5) is 26.3. The summed E-state index contributed by atoms with van der Waals surface area (Å²) < 4.78 is 43.0. The molecule has 10 heteroatoms. The second-order valence-corrected chi connectivity index (χ2v) is 13.1. The maximum absolute atomic E-state index is 13.3. The van der Waals surface area contributed by atoms with Gasteiger partial charge < -0.3 is 38.3 Å². The Labute approximate surface area is 227 Å². The van der Waals surface area contributed by atoms with Crippen molar-refractivity contribution in [3.05, 3.63) is 24.3 Å². The molecule has 39 heavy (non-hydrogen) atoms. The molecule has 7 aliphatic rings. The summed E-state index contributed by atoms with van der Waals surface area (Å²) >= 11 is 0. The molecule has 0 radical (unpaired) electrons. The third-order valence-corrected chi connectivity index (χ3v) is 11.0. The first-order valence-corrected chi connectivity index (χ1v) is 14.1. The molecule has 2 saturated carbocycles. The zero-order valence-electron chi connectivity index (χ0n) is 22.9. The van der Waals surface area contributed by atoms with Gasteiger partial charge in [0.05, 0.1) is 42.5 Å². The number of rotatable bonds is 1. The van der Waals surface area contributed by atoms with Crippen LogP contribution in [0.5, 0.6) is 0 Å². The van der Waals surface area contributed by atoms with Gasteiger partial charge in [0.1, 0.15) is 36.1 Å². The molecule has 6 fully saturated rings. The Hall–Kier alpha value is -1.82. The van der Waals surface area contributed by atoms with E-state index in [0.29, 0.717) is 25.9 Å². The Balaban J connectivity index is 1.24. The summed E-state index contributed by atoms with van der Waals surface area (Å²) in [6.45, 7) is 8.62. The maximum atomic E-state index is 13.3. The van der Waals surface area contributed by atoms with Crippen LogP contribution in [-0.2, 0) is 42.7 Å². The second kappa shape index (κ2) is 8.36. The number of aliphatic hydroxyl groups is 1. The van der Waals surface area contributed by atoms with Crippen molar-refractivity contribution in [2.75, 3.05) is 19.8 Å². The van der Waals surface area contributed by atoms with Gasteiger partial charge in [0.25, 0.3) is 0 Å². The number of allylic oxidation sites excluding steroid dienone is 2. The molecule has 2 aliphatic carbocycles. The van der Waals surface area contributed by atoms with E-state index in [-0.39, 0.29) is 37.1 Å². The van der Waals surface area contributed by atoms with Crippen molar-refractivity contribution in [3.63, 3.8) is 0 Å². The SMILES string of the molecule is C[C@@H](O)[C@@H]1/C=C\C=C\C(=O)O[C@@H]2C[C@H]3O[C@@H]4[C@@H]5O[C@]5(C)CC[C@]4(COC(=O)[C@H]4O[C@@]4(C)CCO1)[C@]2(C)[C@]31CO1. The van der Waals surface area contributed by atoms with E-state index in [0.717, 1.165) is 6.42 Å². The molecule has 5 aliphatic heterocycles. The Morgan fingerprint density at radius 3 is 2.51 bits per heavy atom. The standard InChI is InChI=1S/C29H38O10/c1-16(30)17-7-5-6-8-20(31)36-18-13-19-29(15-35-29)27(18,4)28(10-9-25(2)21(38-25)22(28)37-19)14-34-24(32)23-26(3,39-23)11-12-33-17/h5-8,16-19,21-23,30H,9-15H2,1-4H3/b7-5-,8-6+/t16-,17+,18-,19-,21+,22-,23-,25-,26+,27-,28-,29+/m1/s1. The second-order valence-electron chi connectivity index (χ2n) is 13.1. The Morgan fingerprint density at radius 1 is 0.974 bits per heavy atom. The molecule has 0 aromatic heterocycles. The van der Waals surface area contributed by atoms with Gasteiger partial charge in [0.15, 0.2) is 6.10 Å². The molecule has 0 aromatic rings. The number of epoxide rings is 3. The predicted octanol–water partition coefficient (Wildman–Crippen LogP) is 1.77. The Bertz CT molecular complexity index is 1130. The monoisotopic (exact) mass is 546 g/mol. The molecule has 4 saturated heterocycles. The molecule has 5 heterocycles. The van der Waals surface area contributed by atoms with Crippen LogP contribution in [0.1, 0.15) is 53.4 Å². The van der Waals surface area contributed by atoms with Gasteiger partial charge >= 0.3 is 11.9 Å². The number of hydrogen-bond donors (Lipinski definition) is 1. The zero-order valence-corrected chi connectivity index (χ0v) is 22.9. The highest BCUT2D eigenvalue weighted by atomic mass is 16.7. The Morgan fingerprint density at radius 2 is 1.77 bits per heavy atom. The predicted molar refractivity (Wildman–Crippen MR) is 133 cm³/mol. The summed E-state index contributed by atoms with van der Waals surface area (Å²) in [6.07, 6.45) is 5.61. The Kier molecular flexibility index (Phi) is 5.60. The van der Waals surface area contributed by atoms with E-state index in [4.69, 9.17) is 33.2 Å². The average molecular weight is 547 g/mol. The highest BCUT2D eigenvalue weighted by molar-refractivity contribution is 5.82. The third-order valence-electron chi connectivity index (χ3n) is 11.0. The highest BCUT2D eigenvalue weighted by Crippen LogP contribution is 2.75. The number of carbonyl (C=O) groups excluding carboxylic acids is 2. The molecule has 7 rings (SSSR count). The lowest BCUT2D eigenvalue weighted by Gasteiger charge is -2.58. The fraction of sp³-hybridized carbons (Fsp3) is 0.793. The quantitative estimate of drug-likeness (QED) is 0.384. The smallest absolute Gasteiger partial charge is 0.338 e. The molecule has 2 spiro atoms. The van der Waals surface area contributed by atoms with E-state index < -0.39 is 58.4 Å². The minimum absolute atomic E-state index is 0.101. The van der Waals surface area contributed by atoms with Crippen LogP contribution >= 0.6 is 0 Å². The summed E-state index contributed by atoms with van der Waals surface area (Å²) in [5.41, 5.74) is -2.85. The van der Waals surface area contributed by atoms with Crippen molar-refractivity contribution < 1.29 is 47.9 Å². The van der Waals surface area contributed by atoms with Gasteiger partial charge in [-0.25, -0.2) is 9.59 Å². The average Bonchev–Trinajstić information content (AvgIpc) is 3.80. The first-order chi connectivity index (χ1) is 18.5. The maximum Gasteiger partial charge on any atom is 0.338 e. The largest absolute Gasteiger partial charge is 0.463 e. The van der Waals surface area contributed by atoms with Crippen molar-refractivity contribution >= 4 is 11.9 Å². The van der Waals surface area contributed by atoms with Gasteiger partial charge in [0.2, 0.25) is 0 Å². The molecule has 214 valence electrons. The molecular weight excluding hydrogens is 508 g/mol. The zero-order chi connectivity index (χ0) is 27.4. The van der Waals surface area contributed by atoms with Gasteiger partial charge in [-0.3, -0.25) is 0 Å². The molecule has 12 atom stereocenters. The topological polar surface area (TPSA) is 129 Å². The van der Waals surface area contributed by atoms with Crippen LogP contribution < -0.4 is 0 Å². The molecule has 1 N–H and O–H groups in total. The molecular formula is C29H38O10. The third kappa shape index (κ3) is 3.61. The summed E-state index contributed by atoms with van der Waals surface area (Å²) in [5, 5.41) is 10.1. The van der Waals surface area contributed by atoms with Gasteiger partial charge in [-0.05, 0) is 33.6 Å². The normalized spacial score (nSPS) is 56.4. The number of ether oxygens (including phenoxy) is 7. The van der Waals surface area contributed by atoms with Gasteiger partial charge in [-0.15, -0.1) is 0 Å². The van der Waals surface area contributed by atoms with Crippen molar-refractivity contribution in [3.8, 4) is 0 Å². The van der Waals surface area contributed by atoms with Gasteiger partial charge in [-0.1, -0.05) is 25.2 Å². The first-order valence-electron chi connectivity index (χ1n) is 14.1. The van der Waals surface area contributed by atoms with E-state index in [1.807, 2.05) is 6.92 Å². The van der Waals surface area contributed by atoms with E-state index >= 15 is 0 Å². The molecule has 0 amide bonds. The lowest BCUT2D eigenvalue weighted by Crippen LogP contribution is -2.69. The lowest BCUT2D eigenvalue weighted by atomic mass is 9.50. The number of hydrogen-bond acceptors (Lipinski definition) is 10. The van der Waals surface area contributed by atoms with Crippen LogP contribution in [0.15, 0.2) is 24.3 Å². The van der Waals surface area contributed by atoms with Crippen molar-refractivity contribution in [2.45, 2.75) is 113 Å². The number of esters is 2. The molecule has 0 aromatic carbocycles. The number of carbonyl (C=O) groups is 2. The van der Waals surface area contributed by atoms with Gasteiger partial charge in [-0.2, -0.15) is 0 Å². The number of cyclic esters (lactones) is 1. The van der Waals surface area contributed by atoms with E-state index in [2.05, 4.69) is 13.8 Å². The van der Waals surface area contributed by atoms with Crippen LogP contribution in [0, 0.1) is 10.8 Å². The molecule has 0 unspecified atom stereocenters. The van der Waals surface area contributed by atoms with Crippen molar-refractivity contribution in [2.24, 2.45) is 10.8 Å². The fourth-order valence-corrected chi connectivity index (χ4v) is 8.08. The van der Waals surface area contributed by atoms with E-state index in [1.54, 1.807) is 25.2 Å². The number of fused-ring (bicyclic) bond motifs is 3. The summed E-state index contributed by atoms with van der Waals surface area (Å²) in [6, 6.07) is 0. The van der Waals surface area contributed by atoms with Crippen LogP contribution in [0.2, 0.25) is 0 Å². The minimum atomic E-state index is -0.759. The van der Waals surface area contributed by atoms with Gasteiger partial charge in [0, 0.05) is 24.3 Å².